The molecule has 0 unspecified atom stereocenters. The van der Waals surface area contributed by atoms with E-state index in [2.05, 4.69) is 20.0 Å². The second kappa shape index (κ2) is 9.88. The van der Waals surface area contributed by atoms with E-state index in [-0.39, 0.29) is 43.3 Å². The minimum atomic E-state index is -4.84. The van der Waals surface area contributed by atoms with Crippen molar-refractivity contribution in [2.45, 2.75) is 19.2 Å². The van der Waals surface area contributed by atoms with Crippen molar-refractivity contribution in [3.05, 3.63) is 40.7 Å². The Kier molecular flexibility index (Phi) is 7.30. The first-order valence-electron chi connectivity index (χ1n) is 8.36. The molecule has 13 heteroatoms. The lowest BCUT2D eigenvalue weighted by Gasteiger charge is -2.21. The predicted octanol–water partition coefficient (Wildman–Crippen LogP) is 3.66. The van der Waals surface area contributed by atoms with Gasteiger partial charge in [0, 0.05) is 18.8 Å². The van der Waals surface area contributed by atoms with Crippen LogP contribution in [-0.2, 0) is 0 Å². The number of nitrogens with one attached hydrogen (secondary N) is 1. The van der Waals surface area contributed by atoms with Crippen LogP contribution >= 0.6 is 0 Å². The van der Waals surface area contributed by atoms with Gasteiger partial charge in [-0.3, -0.25) is 10.1 Å². The molecule has 156 valence electrons. The van der Waals surface area contributed by atoms with Gasteiger partial charge in [0.15, 0.2) is 0 Å². The van der Waals surface area contributed by atoms with Gasteiger partial charge in [-0.05, 0) is 24.3 Å². The molecule has 0 saturated heterocycles. The first-order valence-corrected chi connectivity index (χ1v) is 8.36. The summed E-state index contributed by atoms with van der Waals surface area (Å²) >= 11 is 0. The Hall–Kier alpha value is -4.13. The van der Waals surface area contributed by atoms with Gasteiger partial charge in [-0.2, -0.15) is 10.5 Å². The number of nitro groups is 1. The maximum absolute atomic E-state index is 12.3. The first kappa shape index (κ1) is 22.2. The fraction of sp³-hybridized carbons (Fsp3) is 0.294. The SMILES string of the molecule is N#CCCN(CCC#N)c1ncnc(Nc2ccc(OC(F)(F)F)cc2)c1[N+](=O)[O-]. The molecule has 0 spiro atoms. The van der Waals surface area contributed by atoms with Crippen molar-refractivity contribution < 1.29 is 22.8 Å². The van der Waals surface area contributed by atoms with Gasteiger partial charge in [0.25, 0.3) is 0 Å². The summed E-state index contributed by atoms with van der Waals surface area (Å²) in [5, 5.41) is 32.0. The van der Waals surface area contributed by atoms with E-state index in [1.807, 2.05) is 12.1 Å². The molecule has 0 aliphatic carbocycles. The van der Waals surface area contributed by atoms with Crippen molar-refractivity contribution in [2.24, 2.45) is 0 Å². The Morgan fingerprint density at radius 2 is 1.73 bits per heavy atom. The van der Waals surface area contributed by atoms with Crippen molar-refractivity contribution in [3.63, 3.8) is 0 Å². The van der Waals surface area contributed by atoms with E-state index >= 15 is 0 Å². The second-order valence-electron chi connectivity index (χ2n) is 5.65. The van der Waals surface area contributed by atoms with Gasteiger partial charge >= 0.3 is 12.0 Å². The fourth-order valence-corrected chi connectivity index (χ4v) is 2.43. The molecule has 0 bridgehead atoms. The molecule has 0 aliphatic heterocycles. The largest absolute Gasteiger partial charge is 0.573 e. The minimum absolute atomic E-state index is 0.0516. The molecule has 0 radical (unpaired) electrons. The molecular formula is C17H14F3N7O3. The molecule has 0 fully saturated rings. The van der Waals surface area contributed by atoms with Crippen molar-refractivity contribution in [1.82, 2.24) is 9.97 Å². The van der Waals surface area contributed by atoms with E-state index in [1.165, 1.54) is 17.0 Å². The topological polar surface area (TPSA) is 141 Å². The van der Waals surface area contributed by atoms with Crippen molar-refractivity contribution in [1.29, 1.82) is 10.5 Å². The highest BCUT2D eigenvalue weighted by molar-refractivity contribution is 5.74. The summed E-state index contributed by atoms with van der Waals surface area (Å²) in [6, 6.07) is 8.39. The summed E-state index contributed by atoms with van der Waals surface area (Å²) in [5.41, 5.74) is -0.276. The Morgan fingerprint density at radius 3 is 2.23 bits per heavy atom. The number of hydrogen-bond acceptors (Lipinski definition) is 9. The molecule has 2 rings (SSSR count). The number of nitrogens with zero attached hydrogens (tertiary/aromatic N) is 6. The van der Waals surface area contributed by atoms with Gasteiger partial charge in [-0.1, -0.05) is 0 Å². The van der Waals surface area contributed by atoms with Crippen LogP contribution in [-0.4, -0.2) is 34.3 Å². The molecule has 1 N–H and O–H groups in total. The summed E-state index contributed by atoms with van der Waals surface area (Å²) < 4.78 is 40.5. The average molecular weight is 421 g/mol. The lowest BCUT2D eigenvalue weighted by molar-refractivity contribution is -0.383. The molecule has 10 nitrogen and oxygen atoms in total. The highest BCUT2D eigenvalue weighted by atomic mass is 19.4. The number of ether oxygens (including phenoxy) is 1. The summed E-state index contributed by atoms with van der Waals surface area (Å²) in [7, 11) is 0. The first-order chi connectivity index (χ1) is 14.2. The maximum Gasteiger partial charge on any atom is 0.573 e. The lowest BCUT2D eigenvalue weighted by Crippen LogP contribution is -2.27. The van der Waals surface area contributed by atoms with Gasteiger partial charge < -0.3 is 15.0 Å². The van der Waals surface area contributed by atoms with Crippen molar-refractivity contribution in [2.75, 3.05) is 23.3 Å². The smallest absolute Gasteiger partial charge is 0.406 e. The van der Waals surface area contributed by atoms with Gasteiger partial charge in [0.05, 0.1) is 29.9 Å². The summed E-state index contributed by atoms with van der Waals surface area (Å²) in [6.07, 6.45) is -3.67. The quantitative estimate of drug-likeness (QED) is 0.474. The Morgan fingerprint density at radius 1 is 1.13 bits per heavy atom. The standard InChI is InChI=1S/C17H14F3N7O3/c18-17(19,20)30-13-5-3-12(4-6-13)25-15-14(27(28)29)16(24-11-23-15)26(9-1-7-21)10-2-8-22/h3-6,11H,1-2,9-10H2,(H,23,24,25). The van der Waals surface area contributed by atoms with Gasteiger partial charge in [-0.15, -0.1) is 13.2 Å². The third-order valence-electron chi connectivity index (χ3n) is 3.62. The van der Waals surface area contributed by atoms with Crippen LogP contribution in [0.15, 0.2) is 30.6 Å². The number of halogens is 3. The molecule has 0 aliphatic rings. The van der Waals surface area contributed by atoms with E-state index in [0.29, 0.717) is 0 Å². The normalized spacial score (nSPS) is 10.6. The van der Waals surface area contributed by atoms with E-state index in [1.54, 1.807) is 0 Å². The average Bonchev–Trinajstić information content (AvgIpc) is 2.68. The number of alkyl halides is 3. The number of rotatable bonds is 9. The summed E-state index contributed by atoms with van der Waals surface area (Å²) in [4.78, 5) is 20.2. The number of aromatic nitrogens is 2. The Bertz CT molecular complexity index is 951. The molecule has 0 amide bonds. The zero-order valence-corrected chi connectivity index (χ0v) is 15.3. The third-order valence-corrected chi connectivity index (χ3v) is 3.62. The van der Waals surface area contributed by atoms with Crippen LogP contribution in [0.3, 0.4) is 0 Å². The fourth-order valence-electron chi connectivity index (χ4n) is 2.43. The van der Waals surface area contributed by atoms with Gasteiger partial charge in [-0.25, -0.2) is 9.97 Å². The second-order valence-corrected chi connectivity index (χ2v) is 5.65. The molecule has 1 heterocycles. The van der Waals surface area contributed by atoms with Crippen molar-refractivity contribution in [3.8, 4) is 17.9 Å². The number of benzene rings is 1. The lowest BCUT2D eigenvalue weighted by atomic mass is 10.3. The number of hydrogen-bond donors (Lipinski definition) is 1. The van der Waals surface area contributed by atoms with Crippen molar-refractivity contribution >= 4 is 23.0 Å². The highest BCUT2D eigenvalue weighted by Gasteiger charge is 2.31. The van der Waals surface area contributed by atoms with Crippen LogP contribution in [0.2, 0.25) is 0 Å². The molecule has 0 saturated carbocycles. The van der Waals surface area contributed by atoms with E-state index in [4.69, 9.17) is 10.5 Å². The number of nitriles is 2. The predicted molar refractivity (Wildman–Crippen MR) is 97.8 cm³/mol. The van der Waals surface area contributed by atoms with Crippen LogP contribution in [0.5, 0.6) is 5.75 Å². The highest BCUT2D eigenvalue weighted by Crippen LogP contribution is 2.34. The number of anilines is 3. The van der Waals surface area contributed by atoms with Crippen LogP contribution in [0.4, 0.5) is 36.2 Å². The molecule has 0 atom stereocenters. The monoisotopic (exact) mass is 421 g/mol. The molecular weight excluding hydrogens is 407 g/mol. The van der Waals surface area contributed by atoms with Crippen LogP contribution in [0.1, 0.15) is 12.8 Å². The Labute approximate surface area is 168 Å². The summed E-state index contributed by atoms with van der Waals surface area (Å²) in [6.45, 7) is 0.220. The van der Waals surface area contributed by atoms with Gasteiger partial charge in [0.1, 0.15) is 12.1 Å². The minimum Gasteiger partial charge on any atom is -0.406 e. The van der Waals surface area contributed by atoms with E-state index in [0.717, 1.165) is 18.5 Å². The molecule has 2 aromatic rings. The zero-order chi connectivity index (χ0) is 22.1. The van der Waals surface area contributed by atoms with Crippen LogP contribution in [0, 0.1) is 32.8 Å². The molecule has 30 heavy (non-hydrogen) atoms. The third kappa shape index (κ3) is 6.20. The maximum atomic E-state index is 12.3. The Balaban J connectivity index is 2.34. The zero-order valence-electron chi connectivity index (χ0n) is 15.3. The van der Waals surface area contributed by atoms with Crippen LogP contribution in [0.25, 0.3) is 0 Å². The summed E-state index contributed by atoms with van der Waals surface area (Å²) in [5.74, 6) is -0.737. The molecule has 1 aromatic carbocycles. The van der Waals surface area contributed by atoms with E-state index in [9.17, 15) is 23.3 Å². The van der Waals surface area contributed by atoms with Crippen LogP contribution < -0.4 is 15.0 Å². The van der Waals surface area contributed by atoms with Gasteiger partial charge in [0.2, 0.25) is 11.6 Å². The van der Waals surface area contributed by atoms with E-state index < -0.39 is 22.7 Å². The molecule has 1 aromatic heterocycles.